The molecular formula is C21H26O6. The van der Waals surface area contributed by atoms with E-state index in [1.165, 1.54) is 0 Å². The number of carbonyl (C=O) groups excluding carboxylic acids is 1. The summed E-state index contributed by atoms with van der Waals surface area (Å²) in [6.45, 7) is 7.41. The Kier molecular flexibility index (Phi) is 8.61. The molecule has 146 valence electrons. The van der Waals surface area contributed by atoms with Gasteiger partial charge in [-0.15, -0.1) is 0 Å². The minimum absolute atomic E-state index is 0.208. The van der Waals surface area contributed by atoms with E-state index in [1.54, 1.807) is 14.0 Å². The van der Waals surface area contributed by atoms with Gasteiger partial charge in [-0.05, 0) is 19.1 Å². The zero-order valence-corrected chi connectivity index (χ0v) is 15.9. The summed E-state index contributed by atoms with van der Waals surface area (Å²) >= 11 is 0. The van der Waals surface area contributed by atoms with Gasteiger partial charge < -0.3 is 23.7 Å². The van der Waals surface area contributed by atoms with Crippen LogP contribution in [0.4, 0.5) is 0 Å². The molecule has 2 aromatic rings. The van der Waals surface area contributed by atoms with Crippen molar-refractivity contribution in [2.24, 2.45) is 0 Å². The quantitative estimate of drug-likeness (QED) is 0.322. The zero-order valence-electron chi connectivity index (χ0n) is 15.9. The van der Waals surface area contributed by atoms with Gasteiger partial charge in [-0.2, -0.15) is 0 Å². The van der Waals surface area contributed by atoms with Crippen LogP contribution in [0.15, 0.2) is 48.6 Å². The van der Waals surface area contributed by atoms with E-state index in [2.05, 4.69) is 6.58 Å². The van der Waals surface area contributed by atoms with E-state index in [9.17, 15) is 4.79 Å². The lowest BCUT2D eigenvalue weighted by Crippen LogP contribution is -2.14. The number of benzene rings is 2. The van der Waals surface area contributed by atoms with E-state index in [1.807, 2.05) is 36.4 Å². The molecule has 0 N–H and O–H groups in total. The molecule has 0 radical (unpaired) electrons. The number of hydrogen-bond acceptors (Lipinski definition) is 6. The predicted molar refractivity (Wildman–Crippen MR) is 103 cm³/mol. The Hall–Kier alpha value is -2.57. The molecule has 0 aromatic heterocycles. The summed E-state index contributed by atoms with van der Waals surface area (Å²) < 4.78 is 26.9. The molecule has 0 spiro atoms. The summed E-state index contributed by atoms with van der Waals surface area (Å²) in [7, 11) is 1.66. The van der Waals surface area contributed by atoms with E-state index in [0.29, 0.717) is 38.6 Å². The first-order chi connectivity index (χ1) is 13.1. The Morgan fingerprint density at radius 3 is 2.04 bits per heavy atom. The first kappa shape index (κ1) is 20.7. The molecule has 0 bridgehead atoms. The summed E-state index contributed by atoms with van der Waals surface area (Å²) in [5, 5.41) is 2.02. The molecule has 0 saturated carbocycles. The lowest BCUT2D eigenvalue weighted by atomic mass is 10.1. The van der Waals surface area contributed by atoms with Crippen molar-refractivity contribution in [3.63, 3.8) is 0 Å². The van der Waals surface area contributed by atoms with Crippen LogP contribution < -0.4 is 9.47 Å². The van der Waals surface area contributed by atoms with Crippen LogP contribution in [-0.4, -0.2) is 52.7 Å². The van der Waals surface area contributed by atoms with Crippen molar-refractivity contribution in [1.29, 1.82) is 0 Å². The molecule has 0 saturated heterocycles. The number of rotatable bonds is 12. The van der Waals surface area contributed by atoms with Crippen LogP contribution >= 0.6 is 0 Å². The third kappa shape index (κ3) is 6.58. The van der Waals surface area contributed by atoms with Gasteiger partial charge in [0.25, 0.3) is 0 Å². The molecule has 0 aliphatic rings. The maximum atomic E-state index is 11.2. The Balaban J connectivity index is 1.61. The first-order valence-electron chi connectivity index (χ1n) is 8.80. The van der Waals surface area contributed by atoms with Gasteiger partial charge in [0.2, 0.25) is 0 Å². The molecule has 6 nitrogen and oxygen atoms in total. The predicted octanol–water partition coefficient (Wildman–Crippen LogP) is 3.38. The summed E-state index contributed by atoms with van der Waals surface area (Å²) in [4.78, 5) is 11.2. The second-order valence-corrected chi connectivity index (χ2v) is 5.80. The summed E-state index contributed by atoms with van der Waals surface area (Å²) in [6.07, 6.45) is 0. The second-order valence-electron chi connectivity index (χ2n) is 5.80. The van der Waals surface area contributed by atoms with Crippen molar-refractivity contribution >= 4 is 16.7 Å². The fourth-order valence-electron chi connectivity index (χ4n) is 2.40. The number of carbonyl (C=O) groups is 1. The Morgan fingerprint density at radius 1 is 0.852 bits per heavy atom. The number of hydrogen-bond donors (Lipinski definition) is 0. The minimum atomic E-state index is -0.405. The van der Waals surface area contributed by atoms with E-state index in [-0.39, 0.29) is 6.61 Å². The van der Waals surface area contributed by atoms with E-state index in [4.69, 9.17) is 23.7 Å². The monoisotopic (exact) mass is 374 g/mol. The Labute approximate surface area is 159 Å². The number of ether oxygens (including phenoxy) is 5. The fourth-order valence-corrected chi connectivity index (χ4v) is 2.40. The van der Waals surface area contributed by atoms with Crippen molar-refractivity contribution < 1.29 is 28.5 Å². The molecule has 6 heteroatoms. The largest absolute Gasteiger partial charge is 0.496 e. The van der Waals surface area contributed by atoms with Gasteiger partial charge >= 0.3 is 5.97 Å². The molecule has 0 fully saturated rings. The lowest BCUT2D eigenvalue weighted by Gasteiger charge is -2.12. The fraction of sp³-hybridized carbons (Fsp3) is 0.381. The summed E-state index contributed by atoms with van der Waals surface area (Å²) in [5.74, 6) is 1.21. The third-order valence-electron chi connectivity index (χ3n) is 3.73. The second kappa shape index (κ2) is 11.2. The van der Waals surface area contributed by atoms with E-state index < -0.39 is 5.97 Å². The van der Waals surface area contributed by atoms with E-state index >= 15 is 0 Å². The highest BCUT2D eigenvalue weighted by Gasteiger charge is 2.06. The van der Waals surface area contributed by atoms with Gasteiger partial charge in [-0.1, -0.05) is 30.8 Å². The smallest absolute Gasteiger partial charge is 0.333 e. The SMILES string of the molecule is C=C(C)C(=O)OCCOCCOCCOc1ccc(OC)c2ccccc12. The minimum Gasteiger partial charge on any atom is -0.496 e. The van der Waals surface area contributed by atoms with Gasteiger partial charge in [0, 0.05) is 16.3 Å². The molecular weight excluding hydrogens is 348 g/mol. The zero-order chi connectivity index (χ0) is 19.5. The standard InChI is InChI=1S/C21H26O6/c1-16(2)21(22)27-15-13-25-11-10-24-12-14-26-20-9-8-19(23-3)17-6-4-5-7-18(17)20/h4-9H,1,10-15H2,2-3H3. The van der Waals surface area contributed by atoms with Crippen LogP contribution in [0.3, 0.4) is 0 Å². The highest BCUT2D eigenvalue weighted by molar-refractivity contribution is 5.93. The molecule has 0 aliphatic heterocycles. The van der Waals surface area contributed by atoms with Crippen LogP contribution in [0.1, 0.15) is 6.92 Å². The van der Waals surface area contributed by atoms with Crippen LogP contribution in [0.25, 0.3) is 10.8 Å². The van der Waals surface area contributed by atoms with Crippen molar-refractivity contribution in [2.75, 3.05) is 46.8 Å². The van der Waals surface area contributed by atoms with Crippen molar-refractivity contribution in [3.8, 4) is 11.5 Å². The topological polar surface area (TPSA) is 63.2 Å². The number of fused-ring (bicyclic) bond motifs is 1. The molecule has 0 unspecified atom stereocenters. The third-order valence-corrected chi connectivity index (χ3v) is 3.73. The summed E-state index contributed by atoms with van der Waals surface area (Å²) in [6, 6.07) is 11.7. The molecule has 2 aromatic carbocycles. The molecule has 27 heavy (non-hydrogen) atoms. The van der Waals surface area contributed by atoms with Crippen LogP contribution in [0, 0.1) is 0 Å². The average Bonchev–Trinajstić information content (AvgIpc) is 2.69. The molecule has 2 rings (SSSR count). The van der Waals surface area contributed by atoms with Gasteiger partial charge in [0.1, 0.15) is 24.7 Å². The van der Waals surface area contributed by atoms with Crippen molar-refractivity contribution in [3.05, 3.63) is 48.6 Å². The first-order valence-corrected chi connectivity index (χ1v) is 8.80. The Bertz CT molecular complexity index is 755. The maximum absolute atomic E-state index is 11.2. The maximum Gasteiger partial charge on any atom is 0.333 e. The van der Waals surface area contributed by atoms with Crippen molar-refractivity contribution in [1.82, 2.24) is 0 Å². The Morgan fingerprint density at radius 2 is 1.41 bits per heavy atom. The van der Waals surface area contributed by atoms with Crippen LogP contribution in [-0.2, 0) is 19.0 Å². The van der Waals surface area contributed by atoms with Gasteiger partial charge in [0.15, 0.2) is 0 Å². The lowest BCUT2D eigenvalue weighted by molar-refractivity contribution is -0.140. The van der Waals surface area contributed by atoms with Crippen LogP contribution in [0.5, 0.6) is 11.5 Å². The summed E-state index contributed by atoms with van der Waals surface area (Å²) in [5.41, 5.74) is 0.378. The van der Waals surface area contributed by atoms with Crippen LogP contribution in [0.2, 0.25) is 0 Å². The van der Waals surface area contributed by atoms with Gasteiger partial charge in [-0.3, -0.25) is 0 Å². The molecule has 0 aliphatic carbocycles. The normalized spacial score (nSPS) is 10.6. The molecule has 0 amide bonds. The van der Waals surface area contributed by atoms with E-state index in [0.717, 1.165) is 22.3 Å². The highest BCUT2D eigenvalue weighted by atomic mass is 16.6. The van der Waals surface area contributed by atoms with Gasteiger partial charge in [-0.25, -0.2) is 4.79 Å². The van der Waals surface area contributed by atoms with Gasteiger partial charge in [0.05, 0.1) is 33.5 Å². The average molecular weight is 374 g/mol. The van der Waals surface area contributed by atoms with Crippen molar-refractivity contribution in [2.45, 2.75) is 6.92 Å². The highest BCUT2D eigenvalue weighted by Crippen LogP contribution is 2.32. The number of esters is 1. The molecule has 0 heterocycles. The number of methoxy groups -OCH3 is 1. The molecule has 0 atom stereocenters.